The number of fused-ring (bicyclic) bond motifs is 1. The van der Waals surface area contributed by atoms with Gasteiger partial charge in [0.05, 0.1) is 28.9 Å². The largest absolute Gasteiger partial charge is 0.494 e. The average Bonchev–Trinajstić information content (AvgIpc) is 3.52. The Bertz CT molecular complexity index is 1490. The number of para-hydroxylation sites is 3. The fraction of sp³-hybridized carbons (Fsp3) is 0.138. The molecule has 0 aliphatic rings. The van der Waals surface area contributed by atoms with Crippen LogP contribution in [0.5, 0.6) is 5.75 Å². The number of aromatic amines is 1. The van der Waals surface area contributed by atoms with Crippen molar-refractivity contribution in [3.63, 3.8) is 0 Å². The van der Waals surface area contributed by atoms with E-state index in [1.54, 1.807) is 0 Å². The smallest absolute Gasteiger partial charge is 0.149 e. The maximum absolute atomic E-state index is 9.99. The lowest BCUT2D eigenvalue weighted by molar-refractivity contribution is 0.309. The van der Waals surface area contributed by atoms with E-state index in [-0.39, 0.29) is 0 Å². The minimum atomic E-state index is 0.436. The van der Waals surface area contributed by atoms with Gasteiger partial charge in [-0.25, -0.2) is 9.67 Å². The van der Waals surface area contributed by atoms with E-state index in [0.717, 1.165) is 52.1 Å². The lowest BCUT2D eigenvalue weighted by atomic mass is 10.1. The standard InChI is InChI=1S/C29H25N5O/c1-2-3-16-35-25-13-9-10-21(18-25)28-23(20-34(33-28)24-11-5-4-6-12-24)17-22(19-30)29-31-26-14-7-8-15-27(26)32-29/h4-15,17-18,20H,2-3,16H2,1H3,(H,31,32)/b22-17-. The van der Waals surface area contributed by atoms with E-state index >= 15 is 0 Å². The Hall–Kier alpha value is -4.63. The number of aromatic nitrogens is 4. The number of H-pyrrole nitrogens is 1. The summed E-state index contributed by atoms with van der Waals surface area (Å²) in [4.78, 5) is 7.86. The summed E-state index contributed by atoms with van der Waals surface area (Å²) >= 11 is 0. The first-order valence-electron chi connectivity index (χ1n) is 11.7. The Balaban J connectivity index is 1.60. The average molecular weight is 460 g/mol. The summed E-state index contributed by atoms with van der Waals surface area (Å²) in [6.45, 7) is 2.82. The molecule has 0 radical (unpaired) electrons. The number of imidazole rings is 1. The second-order valence-electron chi connectivity index (χ2n) is 8.22. The summed E-state index contributed by atoms with van der Waals surface area (Å²) in [7, 11) is 0. The van der Waals surface area contributed by atoms with E-state index in [1.165, 1.54) is 0 Å². The molecule has 35 heavy (non-hydrogen) atoms. The van der Waals surface area contributed by atoms with Gasteiger partial charge in [-0.3, -0.25) is 0 Å². The number of rotatable bonds is 8. The molecule has 0 aliphatic carbocycles. The molecule has 0 aliphatic heterocycles. The molecule has 3 aromatic carbocycles. The highest BCUT2D eigenvalue weighted by Crippen LogP contribution is 2.30. The van der Waals surface area contributed by atoms with Crippen molar-refractivity contribution in [1.29, 1.82) is 5.26 Å². The summed E-state index contributed by atoms with van der Waals surface area (Å²) in [5.41, 5.74) is 5.58. The Morgan fingerprint density at radius 1 is 1.06 bits per heavy atom. The van der Waals surface area contributed by atoms with Crippen LogP contribution in [0, 0.1) is 11.3 Å². The highest BCUT2D eigenvalue weighted by Gasteiger charge is 2.15. The molecule has 5 rings (SSSR count). The molecule has 0 amide bonds. The molecule has 0 atom stereocenters. The van der Waals surface area contributed by atoms with Gasteiger partial charge < -0.3 is 9.72 Å². The second kappa shape index (κ2) is 10.1. The monoisotopic (exact) mass is 459 g/mol. The summed E-state index contributed by atoms with van der Waals surface area (Å²) in [5, 5.41) is 14.9. The lowest BCUT2D eigenvalue weighted by Gasteiger charge is -2.07. The SMILES string of the molecule is CCCCOc1cccc(-c2nn(-c3ccccc3)cc2/C=C(/C#N)c2nc3ccccc3[nH]2)c1. The minimum Gasteiger partial charge on any atom is -0.494 e. The zero-order valence-electron chi connectivity index (χ0n) is 19.5. The van der Waals surface area contributed by atoms with Crippen molar-refractivity contribution in [3.8, 4) is 28.8 Å². The van der Waals surface area contributed by atoms with Gasteiger partial charge in [0.25, 0.3) is 0 Å². The lowest BCUT2D eigenvalue weighted by Crippen LogP contribution is -1.97. The zero-order chi connectivity index (χ0) is 24.0. The molecule has 0 bridgehead atoms. The van der Waals surface area contributed by atoms with E-state index in [4.69, 9.17) is 9.84 Å². The molecular formula is C29H25N5O. The molecule has 0 spiro atoms. The Labute approximate surface area is 204 Å². The van der Waals surface area contributed by atoms with Gasteiger partial charge in [-0.05, 0) is 48.9 Å². The van der Waals surface area contributed by atoms with Gasteiger partial charge in [-0.1, -0.05) is 55.8 Å². The van der Waals surface area contributed by atoms with Gasteiger partial charge in [0.2, 0.25) is 0 Å². The maximum Gasteiger partial charge on any atom is 0.149 e. The van der Waals surface area contributed by atoms with E-state index in [0.29, 0.717) is 18.0 Å². The number of ether oxygens (including phenoxy) is 1. The molecule has 2 heterocycles. The van der Waals surface area contributed by atoms with Gasteiger partial charge in [0.15, 0.2) is 0 Å². The van der Waals surface area contributed by atoms with Crippen molar-refractivity contribution in [1.82, 2.24) is 19.7 Å². The third-order valence-electron chi connectivity index (χ3n) is 5.70. The Morgan fingerprint density at radius 2 is 1.89 bits per heavy atom. The third kappa shape index (κ3) is 4.85. The first-order valence-corrected chi connectivity index (χ1v) is 11.7. The van der Waals surface area contributed by atoms with Crippen LogP contribution in [0.25, 0.3) is 39.6 Å². The minimum absolute atomic E-state index is 0.436. The maximum atomic E-state index is 9.99. The number of benzene rings is 3. The molecular weight excluding hydrogens is 434 g/mol. The number of hydrogen-bond donors (Lipinski definition) is 1. The van der Waals surface area contributed by atoms with Crippen LogP contribution < -0.4 is 4.74 Å². The van der Waals surface area contributed by atoms with Crippen LogP contribution in [0.4, 0.5) is 0 Å². The molecule has 0 saturated carbocycles. The summed E-state index contributed by atoms with van der Waals surface area (Å²) in [5.74, 6) is 1.33. The Kier molecular flexibility index (Phi) is 6.40. The summed E-state index contributed by atoms with van der Waals surface area (Å²) in [6.07, 6.45) is 5.86. The molecule has 6 heteroatoms. The molecule has 0 saturated heterocycles. The normalized spacial score (nSPS) is 11.5. The van der Waals surface area contributed by atoms with Gasteiger partial charge in [-0.2, -0.15) is 10.4 Å². The van der Waals surface area contributed by atoms with Crippen molar-refractivity contribution in [2.24, 2.45) is 0 Å². The molecule has 2 aromatic heterocycles. The van der Waals surface area contributed by atoms with Crippen LogP contribution in [-0.4, -0.2) is 26.4 Å². The number of allylic oxidation sites excluding steroid dienone is 1. The quantitative estimate of drug-likeness (QED) is 0.208. The molecule has 6 nitrogen and oxygen atoms in total. The number of hydrogen-bond acceptors (Lipinski definition) is 4. The van der Waals surface area contributed by atoms with Crippen LogP contribution in [0.1, 0.15) is 31.2 Å². The van der Waals surface area contributed by atoms with Crippen molar-refractivity contribution >= 4 is 22.7 Å². The van der Waals surface area contributed by atoms with Crippen molar-refractivity contribution < 1.29 is 4.74 Å². The fourth-order valence-electron chi connectivity index (χ4n) is 3.89. The molecule has 1 N–H and O–H groups in total. The number of nitrogens with zero attached hydrogens (tertiary/aromatic N) is 4. The first-order chi connectivity index (χ1) is 17.2. The molecule has 0 fully saturated rings. The number of unbranched alkanes of at least 4 members (excludes halogenated alkanes) is 1. The zero-order valence-corrected chi connectivity index (χ0v) is 19.5. The van der Waals surface area contributed by atoms with E-state index in [9.17, 15) is 5.26 Å². The van der Waals surface area contributed by atoms with E-state index in [2.05, 4.69) is 23.0 Å². The Morgan fingerprint density at radius 3 is 2.69 bits per heavy atom. The van der Waals surface area contributed by atoms with E-state index in [1.807, 2.05) is 95.8 Å². The number of nitriles is 1. The van der Waals surface area contributed by atoms with Crippen LogP contribution in [0.15, 0.2) is 85.1 Å². The highest BCUT2D eigenvalue weighted by atomic mass is 16.5. The van der Waals surface area contributed by atoms with Crippen LogP contribution in [-0.2, 0) is 0 Å². The van der Waals surface area contributed by atoms with Crippen LogP contribution in [0.3, 0.4) is 0 Å². The van der Waals surface area contributed by atoms with Crippen LogP contribution >= 0.6 is 0 Å². The summed E-state index contributed by atoms with van der Waals surface area (Å²) in [6, 6.07) is 27.9. The van der Waals surface area contributed by atoms with Crippen LogP contribution in [0.2, 0.25) is 0 Å². The fourth-order valence-corrected chi connectivity index (χ4v) is 3.89. The van der Waals surface area contributed by atoms with Gasteiger partial charge in [0.1, 0.15) is 23.3 Å². The number of nitrogens with one attached hydrogen (secondary N) is 1. The first kappa shape index (κ1) is 22.2. The van der Waals surface area contributed by atoms with Gasteiger partial charge in [0, 0.05) is 17.3 Å². The highest BCUT2D eigenvalue weighted by molar-refractivity contribution is 5.92. The second-order valence-corrected chi connectivity index (χ2v) is 8.22. The van der Waals surface area contributed by atoms with Gasteiger partial charge in [-0.15, -0.1) is 0 Å². The molecule has 0 unspecified atom stereocenters. The third-order valence-corrected chi connectivity index (χ3v) is 5.70. The van der Waals surface area contributed by atoms with Crippen molar-refractivity contribution in [3.05, 3.63) is 96.4 Å². The predicted octanol–water partition coefficient (Wildman–Crippen LogP) is 6.66. The topological polar surface area (TPSA) is 79.5 Å². The van der Waals surface area contributed by atoms with E-state index < -0.39 is 0 Å². The van der Waals surface area contributed by atoms with Gasteiger partial charge >= 0.3 is 0 Å². The summed E-state index contributed by atoms with van der Waals surface area (Å²) < 4.78 is 7.76. The molecule has 172 valence electrons. The van der Waals surface area contributed by atoms with Crippen molar-refractivity contribution in [2.45, 2.75) is 19.8 Å². The molecule has 5 aromatic rings. The van der Waals surface area contributed by atoms with Crippen molar-refractivity contribution in [2.75, 3.05) is 6.61 Å². The predicted molar refractivity (Wildman–Crippen MR) is 139 cm³/mol.